The Morgan fingerprint density at radius 2 is 1.77 bits per heavy atom. The smallest absolute Gasteiger partial charge is 0.316 e. The minimum Gasteiger partial charge on any atom is -0.316 e. The Kier molecular flexibility index (Phi) is 3.89. The van der Waals surface area contributed by atoms with Gasteiger partial charge in [0.1, 0.15) is 0 Å². The van der Waals surface area contributed by atoms with Crippen LogP contribution in [-0.4, -0.2) is 25.5 Å². The second kappa shape index (κ2) is 5.57. The summed E-state index contributed by atoms with van der Waals surface area (Å²) in [5.74, 6) is 0.0470. The number of nitrogens with zero attached hydrogens (tertiary/aromatic N) is 1. The summed E-state index contributed by atoms with van der Waals surface area (Å²) in [6.45, 7) is 2.17. The number of piperidine rings is 2. The Labute approximate surface area is 127 Å². The number of anilines is 1. The molecule has 6 heteroatoms. The van der Waals surface area contributed by atoms with Gasteiger partial charge in [-0.05, 0) is 56.5 Å². The molecule has 1 atom stereocenters. The number of benzene rings is 1. The number of rotatable bonds is 1. The maximum absolute atomic E-state index is 12.8. The lowest BCUT2D eigenvalue weighted by Gasteiger charge is -2.44. The zero-order valence-corrected chi connectivity index (χ0v) is 12.2. The largest absolute Gasteiger partial charge is 0.416 e. The van der Waals surface area contributed by atoms with Crippen molar-refractivity contribution in [1.82, 2.24) is 5.32 Å². The average molecular weight is 312 g/mol. The van der Waals surface area contributed by atoms with Crippen LogP contribution in [-0.2, 0) is 11.0 Å². The van der Waals surface area contributed by atoms with Crippen molar-refractivity contribution in [2.75, 3.05) is 24.5 Å². The van der Waals surface area contributed by atoms with E-state index < -0.39 is 11.7 Å². The molecule has 1 spiro atoms. The van der Waals surface area contributed by atoms with Crippen LogP contribution in [0.4, 0.5) is 18.9 Å². The topological polar surface area (TPSA) is 32.3 Å². The second-order valence-electron chi connectivity index (χ2n) is 6.17. The van der Waals surface area contributed by atoms with E-state index in [-0.39, 0.29) is 11.3 Å². The molecule has 3 nitrogen and oxygen atoms in total. The van der Waals surface area contributed by atoms with Crippen LogP contribution in [0.25, 0.3) is 0 Å². The zero-order chi connectivity index (χ0) is 15.8. The summed E-state index contributed by atoms with van der Waals surface area (Å²) in [6.07, 6.45) is -0.786. The van der Waals surface area contributed by atoms with E-state index in [9.17, 15) is 18.0 Å². The number of carbonyl (C=O) groups is 1. The van der Waals surface area contributed by atoms with Crippen LogP contribution in [0.3, 0.4) is 0 Å². The van der Waals surface area contributed by atoms with Crippen molar-refractivity contribution in [3.8, 4) is 0 Å². The SMILES string of the molecule is O=C1N(c2ccc(C(F)(F)F)cc2)CCCC12CCCNC2. The minimum atomic E-state index is -4.35. The zero-order valence-electron chi connectivity index (χ0n) is 12.2. The van der Waals surface area contributed by atoms with Gasteiger partial charge < -0.3 is 10.2 Å². The van der Waals surface area contributed by atoms with Gasteiger partial charge in [-0.15, -0.1) is 0 Å². The lowest BCUT2D eigenvalue weighted by molar-refractivity contribution is -0.137. The van der Waals surface area contributed by atoms with E-state index >= 15 is 0 Å². The van der Waals surface area contributed by atoms with Gasteiger partial charge in [0, 0.05) is 18.8 Å². The molecule has 3 rings (SSSR count). The van der Waals surface area contributed by atoms with Crippen molar-refractivity contribution < 1.29 is 18.0 Å². The van der Waals surface area contributed by atoms with E-state index in [0.717, 1.165) is 44.4 Å². The number of alkyl halides is 3. The van der Waals surface area contributed by atoms with E-state index in [4.69, 9.17) is 0 Å². The van der Waals surface area contributed by atoms with Crippen molar-refractivity contribution in [2.45, 2.75) is 31.9 Å². The molecule has 0 radical (unpaired) electrons. The van der Waals surface area contributed by atoms with E-state index in [1.807, 2.05) is 0 Å². The first-order chi connectivity index (χ1) is 10.4. The Morgan fingerprint density at radius 1 is 1.09 bits per heavy atom. The molecule has 22 heavy (non-hydrogen) atoms. The Hall–Kier alpha value is -1.56. The Bertz CT molecular complexity index is 542. The molecular weight excluding hydrogens is 293 g/mol. The van der Waals surface area contributed by atoms with Gasteiger partial charge in [-0.2, -0.15) is 13.2 Å². The summed E-state index contributed by atoms with van der Waals surface area (Å²) in [5, 5.41) is 3.28. The summed E-state index contributed by atoms with van der Waals surface area (Å²) < 4.78 is 37.9. The molecule has 1 aromatic rings. The van der Waals surface area contributed by atoms with Gasteiger partial charge in [0.05, 0.1) is 11.0 Å². The number of halogens is 3. The van der Waals surface area contributed by atoms with Gasteiger partial charge in [-0.3, -0.25) is 4.79 Å². The molecule has 1 unspecified atom stereocenters. The summed E-state index contributed by atoms with van der Waals surface area (Å²) in [6, 6.07) is 4.89. The second-order valence-corrected chi connectivity index (χ2v) is 6.17. The van der Waals surface area contributed by atoms with Crippen LogP contribution in [0.5, 0.6) is 0 Å². The number of hydrogen-bond acceptors (Lipinski definition) is 2. The quantitative estimate of drug-likeness (QED) is 0.863. The number of nitrogens with one attached hydrogen (secondary N) is 1. The molecule has 1 amide bonds. The fraction of sp³-hybridized carbons (Fsp3) is 0.562. The summed E-state index contributed by atoms with van der Waals surface area (Å²) >= 11 is 0. The van der Waals surface area contributed by atoms with E-state index in [1.165, 1.54) is 12.1 Å². The van der Waals surface area contributed by atoms with Crippen molar-refractivity contribution >= 4 is 11.6 Å². The molecule has 2 aliphatic rings. The van der Waals surface area contributed by atoms with Crippen molar-refractivity contribution in [3.05, 3.63) is 29.8 Å². The molecule has 2 fully saturated rings. The van der Waals surface area contributed by atoms with Crippen LogP contribution in [0.2, 0.25) is 0 Å². The molecule has 0 bridgehead atoms. The van der Waals surface area contributed by atoms with Gasteiger partial charge in [0.2, 0.25) is 5.91 Å². The maximum Gasteiger partial charge on any atom is 0.416 e. The summed E-state index contributed by atoms with van der Waals surface area (Å²) in [4.78, 5) is 14.5. The third-order valence-electron chi connectivity index (χ3n) is 4.71. The Morgan fingerprint density at radius 3 is 2.36 bits per heavy atom. The van der Waals surface area contributed by atoms with Gasteiger partial charge >= 0.3 is 6.18 Å². The molecule has 2 saturated heterocycles. The van der Waals surface area contributed by atoms with Crippen molar-refractivity contribution in [3.63, 3.8) is 0 Å². The van der Waals surface area contributed by atoms with Gasteiger partial charge in [-0.1, -0.05) is 0 Å². The van der Waals surface area contributed by atoms with Crippen molar-refractivity contribution in [1.29, 1.82) is 0 Å². The minimum absolute atomic E-state index is 0.0470. The highest BCUT2D eigenvalue weighted by Crippen LogP contribution is 2.39. The number of amides is 1. The fourth-order valence-electron chi connectivity index (χ4n) is 3.51. The molecule has 1 aromatic carbocycles. The molecule has 1 N–H and O–H groups in total. The number of carbonyl (C=O) groups excluding carboxylic acids is 1. The highest BCUT2D eigenvalue weighted by Gasteiger charge is 2.44. The van der Waals surface area contributed by atoms with Crippen LogP contribution in [0.1, 0.15) is 31.2 Å². The lowest BCUT2D eigenvalue weighted by Crippen LogP contribution is -2.55. The lowest BCUT2D eigenvalue weighted by atomic mass is 9.73. The predicted molar refractivity (Wildman–Crippen MR) is 77.6 cm³/mol. The molecular formula is C16H19F3N2O. The van der Waals surface area contributed by atoms with Crippen molar-refractivity contribution in [2.24, 2.45) is 5.41 Å². The monoisotopic (exact) mass is 312 g/mol. The molecule has 0 saturated carbocycles. The fourth-order valence-corrected chi connectivity index (χ4v) is 3.51. The Balaban J connectivity index is 1.83. The highest BCUT2D eigenvalue weighted by molar-refractivity contribution is 5.98. The van der Waals surface area contributed by atoms with Gasteiger partial charge in [0.15, 0.2) is 0 Å². The molecule has 0 aromatic heterocycles. The first-order valence-corrected chi connectivity index (χ1v) is 7.62. The third-order valence-corrected chi connectivity index (χ3v) is 4.71. The maximum atomic E-state index is 12.8. The third kappa shape index (κ3) is 2.72. The molecule has 120 valence electrons. The first kappa shape index (κ1) is 15.3. The van der Waals surface area contributed by atoms with E-state index in [1.54, 1.807) is 4.90 Å². The van der Waals surface area contributed by atoms with E-state index in [0.29, 0.717) is 18.8 Å². The van der Waals surface area contributed by atoms with Crippen LogP contribution in [0.15, 0.2) is 24.3 Å². The average Bonchev–Trinajstić information content (AvgIpc) is 2.51. The number of hydrogen-bond donors (Lipinski definition) is 1. The van der Waals surface area contributed by atoms with Crippen LogP contribution >= 0.6 is 0 Å². The molecule has 2 heterocycles. The van der Waals surface area contributed by atoms with Crippen LogP contribution in [0, 0.1) is 5.41 Å². The normalized spacial score (nSPS) is 26.5. The molecule has 0 aliphatic carbocycles. The van der Waals surface area contributed by atoms with Gasteiger partial charge in [-0.25, -0.2) is 0 Å². The standard InChI is InChI=1S/C16H19F3N2O/c17-16(18,19)12-3-5-13(6-4-12)21-10-2-8-15(14(21)22)7-1-9-20-11-15/h3-6,20H,1-2,7-11H2. The first-order valence-electron chi connectivity index (χ1n) is 7.62. The summed E-state index contributed by atoms with van der Waals surface area (Å²) in [7, 11) is 0. The van der Waals surface area contributed by atoms with Crippen LogP contribution < -0.4 is 10.2 Å². The molecule has 2 aliphatic heterocycles. The summed E-state index contributed by atoms with van der Waals surface area (Å²) in [5.41, 5.74) is -0.503. The predicted octanol–water partition coefficient (Wildman–Crippen LogP) is 3.20. The van der Waals surface area contributed by atoms with Gasteiger partial charge in [0.25, 0.3) is 0 Å². The van der Waals surface area contributed by atoms with E-state index in [2.05, 4.69) is 5.32 Å². The highest BCUT2D eigenvalue weighted by atomic mass is 19.4.